The van der Waals surface area contributed by atoms with Crippen LogP contribution >= 0.6 is 0 Å². The van der Waals surface area contributed by atoms with Crippen LogP contribution in [0.4, 0.5) is 9.59 Å². The summed E-state index contributed by atoms with van der Waals surface area (Å²) in [7, 11) is 0. The Morgan fingerprint density at radius 1 is 1.12 bits per heavy atom. The lowest BCUT2D eigenvalue weighted by Crippen LogP contribution is -2.27. The molecule has 0 amide bonds. The Kier molecular flexibility index (Phi) is 12.3. The first-order valence-corrected chi connectivity index (χ1v) is 5.14. The van der Waals surface area contributed by atoms with Crippen LogP contribution in [0.2, 0.25) is 0 Å². The number of hydrogen-bond donors (Lipinski definition) is 0. The molecule has 0 saturated heterocycles. The number of rotatable bonds is 4. The van der Waals surface area contributed by atoms with Gasteiger partial charge in [0.25, 0.3) is 6.16 Å². The van der Waals surface area contributed by atoms with Crippen molar-refractivity contribution in [2.45, 2.75) is 40.2 Å². The summed E-state index contributed by atoms with van der Waals surface area (Å²) in [6.07, 6.45) is -1.58. The Morgan fingerprint density at radius 3 is 1.75 bits per heavy atom. The zero-order chi connectivity index (χ0) is 13.0. The van der Waals surface area contributed by atoms with E-state index in [1.54, 1.807) is 20.8 Å². The minimum atomic E-state index is -1.45. The molecule has 0 saturated carbocycles. The van der Waals surface area contributed by atoms with Gasteiger partial charge in [-0.2, -0.15) is 0 Å². The second kappa shape index (κ2) is 11.6. The number of carboxylic acid groups (broad SMARTS) is 1. The van der Waals surface area contributed by atoms with Gasteiger partial charge in [0.05, 0.1) is 13.2 Å². The van der Waals surface area contributed by atoms with Gasteiger partial charge in [0.15, 0.2) is 0 Å². The average Bonchev–Trinajstić information content (AvgIpc) is 2.18. The van der Waals surface area contributed by atoms with Gasteiger partial charge in [0.1, 0.15) is 0 Å². The fourth-order valence-electron chi connectivity index (χ4n) is 0.525. The van der Waals surface area contributed by atoms with Gasteiger partial charge in [0.2, 0.25) is 0 Å². The molecule has 0 rings (SSSR count). The van der Waals surface area contributed by atoms with Crippen molar-refractivity contribution >= 4 is 12.3 Å². The van der Waals surface area contributed by atoms with E-state index in [-0.39, 0.29) is 6.10 Å². The van der Waals surface area contributed by atoms with E-state index in [0.717, 1.165) is 0 Å². The van der Waals surface area contributed by atoms with E-state index >= 15 is 0 Å². The van der Waals surface area contributed by atoms with Gasteiger partial charge in [-0.25, -0.2) is 4.79 Å². The smallest absolute Gasteiger partial charge is 0.508 e. The number of hydrogen-bond acceptors (Lipinski definition) is 6. The zero-order valence-electron chi connectivity index (χ0n) is 10.1. The summed E-state index contributed by atoms with van der Waals surface area (Å²) >= 11 is 0. The molecule has 0 aromatic rings. The predicted molar refractivity (Wildman–Crippen MR) is 54.9 cm³/mol. The third-order valence-electron chi connectivity index (χ3n) is 1.40. The molecule has 0 aliphatic carbocycles. The highest BCUT2D eigenvalue weighted by Crippen LogP contribution is 1.93. The topological polar surface area (TPSA) is 84.9 Å². The van der Waals surface area contributed by atoms with Crippen molar-refractivity contribution in [2.24, 2.45) is 0 Å². The molecule has 0 aliphatic heterocycles. The molecule has 96 valence electrons. The predicted octanol–water partition coefficient (Wildman–Crippen LogP) is 1.32. The molecule has 6 nitrogen and oxygen atoms in total. The molecule has 0 aliphatic rings. The molecule has 16 heavy (non-hydrogen) atoms. The Balaban J connectivity index is 0. The van der Waals surface area contributed by atoms with E-state index in [4.69, 9.17) is 0 Å². The summed E-state index contributed by atoms with van der Waals surface area (Å²) in [5, 5.41) is 9.64. The normalized spacial score (nSPS) is 10.5. The van der Waals surface area contributed by atoms with Gasteiger partial charge >= 0.3 is 6.16 Å². The monoisotopic (exact) mass is 235 g/mol. The van der Waals surface area contributed by atoms with Crippen molar-refractivity contribution < 1.29 is 28.9 Å². The van der Waals surface area contributed by atoms with Gasteiger partial charge in [-0.15, -0.1) is 0 Å². The first kappa shape index (κ1) is 17.0. The summed E-state index contributed by atoms with van der Waals surface area (Å²) < 4.78 is 13.0. The molecule has 0 heterocycles. The van der Waals surface area contributed by atoms with Crippen molar-refractivity contribution in [3.8, 4) is 0 Å². The highest BCUT2D eigenvalue weighted by molar-refractivity contribution is 5.59. The van der Waals surface area contributed by atoms with Gasteiger partial charge in [-0.05, 0) is 27.2 Å². The van der Waals surface area contributed by atoms with E-state index in [2.05, 4.69) is 14.2 Å². The zero-order valence-corrected chi connectivity index (χ0v) is 10.1. The van der Waals surface area contributed by atoms with E-state index < -0.39 is 12.3 Å². The SMILES string of the molecule is CCC(C)OC(=O)[O-].CCOC(=O)OCC. The molecule has 0 N–H and O–H groups in total. The van der Waals surface area contributed by atoms with Crippen LogP contribution in [-0.2, 0) is 14.2 Å². The van der Waals surface area contributed by atoms with Gasteiger partial charge in [0, 0.05) is 6.10 Å². The largest absolute Gasteiger partial charge is 0.547 e. The minimum absolute atomic E-state index is 0.236. The van der Waals surface area contributed by atoms with E-state index in [1.165, 1.54) is 0 Å². The van der Waals surface area contributed by atoms with Gasteiger partial charge in [-0.3, -0.25) is 0 Å². The molecule has 0 bridgehead atoms. The van der Waals surface area contributed by atoms with E-state index in [9.17, 15) is 14.7 Å². The molecule has 0 aromatic carbocycles. The first-order valence-electron chi connectivity index (χ1n) is 5.14. The third-order valence-corrected chi connectivity index (χ3v) is 1.40. The second-order valence-corrected chi connectivity index (χ2v) is 2.70. The fourth-order valence-corrected chi connectivity index (χ4v) is 0.525. The highest BCUT2D eigenvalue weighted by Gasteiger charge is 1.96. The molecule has 0 radical (unpaired) electrons. The van der Waals surface area contributed by atoms with E-state index in [1.807, 2.05) is 6.92 Å². The molecule has 0 spiro atoms. The Morgan fingerprint density at radius 2 is 1.56 bits per heavy atom. The summed E-state index contributed by atoms with van der Waals surface area (Å²) in [6, 6.07) is 0. The molecule has 0 fully saturated rings. The van der Waals surface area contributed by atoms with Crippen LogP contribution in [0, 0.1) is 0 Å². The Hall–Kier alpha value is -1.46. The van der Waals surface area contributed by atoms with Crippen molar-refractivity contribution in [1.82, 2.24) is 0 Å². The van der Waals surface area contributed by atoms with Crippen LogP contribution in [0.1, 0.15) is 34.1 Å². The maximum atomic E-state index is 10.2. The Bertz CT molecular complexity index is 184. The minimum Gasteiger partial charge on any atom is -0.547 e. The van der Waals surface area contributed by atoms with E-state index in [0.29, 0.717) is 19.6 Å². The molecule has 0 aromatic heterocycles. The Labute approximate surface area is 95.5 Å². The lowest BCUT2D eigenvalue weighted by molar-refractivity contribution is -0.286. The summed E-state index contributed by atoms with van der Waals surface area (Å²) in [5.74, 6) is 0. The maximum absolute atomic E-state index is 10.2. The lowest BCUT2D eigenvalue weighted by Gasteiger charge is -2.14. The quantitative estimate of drug-likeness (QED) is 0.683. The van der Waals surface area contributed by atoms with Crippen LogP contribution in [0.5, 0.6) is 0 Å². The van der Waals surface area contributed by atoms with Crippen molar-refractivity contribution in [2.75, 3.05) is 13.2 Å². The summed E-state index contributed by atoms with van der Waals surface area (Å²) in [5.41, 5.74) is 0. The van der Waals surface area contributed by atoms with Gasteiger partial charge in [-0.1, -0.05) is 6.92 Å². The molecule has 1 unspecified atom stereocenters. The fraction of sp³-hybridized carbons (Fsp3) is 0.800. The van der Waals surface area contributed by atoms with Crippen LogP contribution in [0.3, 0.4) is 0 Å². The summed E-state index contributed by atoms with van der Waals surface area (Å²) in [6.45, 7) is 7.73. The second-order valence-electron chi connectivity index (χ2n) is 2.70. The number of carbonyl (C=O) groups is 2. The first-order chi connectivity index (χ1) is 7.47. The molecular formula is C10H19O6-. The van der Waals surface area contributed by atoms with Crippen molar-refractivity contribution in [3.05, 3.63) is 0 Å². The summed E-state index contributed by atoms with van der Waals surface area (Å²) in [4.78, 5) is 19.8. The lowest BCUT2D eigenvalue weighted by atomic mass is 10.3. The highest BCUT2D eigenvalue weighted by atomic mass is 16.7. The molecular weight excluding hydrogens is 216 g/mol. The average molecular weight is 235 g/mol. The molecule has 1 atom stereocenters. The number of carbonyl (C=O) groups excluding carboxylic acids is 2. The standard InChI is InChI=1S/2C5H10O3/c1-3-7-5(6)8-4-2;1-3-4(2)8-5(6)7/h3-4H2,1-2H3;4H,3H2,1-2H3,(H,6,7)/p-1. The van der Waals surface area contributed by atoms with Crippen molar-refractivity contribution in [3.63, 3.8) is 0 Å². The van der Waals surface area contributed by atoms with Crippen LogP contribution < -0.4 is 5.11 Å². The number of ether oxygens (including phenoxy) is 3. The van der Waals surface area contributed by atoms with Crippen LogP contribution in [-0.4, -0.2) is 31.6 Å². The van der Waals surface area contributed by atoms with Gasteiger partial charge < -0.3 is 24.1 Å². The van der Waals surface area contributed by atoms with Crippen molar-refractivity contribution in [1.29, 1.82) is 0 Å². The maximum Gasteiger partial charge on any atom is 0.508 e. The van der Waals surface area contributed by atoms with Crippen LogP contribution in [0.25, 0.3) is 0 Å². The van der Waals surface area contributed by atoms with Crippen LogP contribution in [0.15, 0.2) is 0 Å². The third kappa shape index (κ3) is 15.0. The molecule has 6 heteroatoms.